The first-order valence-corrected chi connectivity index (χ1v) is 22.3. The van der Waals surface area contributed by atoms with E-state index in [4.69, 9.17) is 26.2 Å². The van der Waals surface area contributed by atoms with E-state index >= 15 is 0 Å². The van der Waals surface area contributed by atoms with Crippen molar-refractivity contribution in [1.29, 1.82) is 0 Å². The molecule has 2 aromatic rings. The van der Waals surface area contributed by atoms with Crippen LogP contribution in [0.25, 0.3) is 11.1 Å². The third-order valence-corrected chi connectivity index (χ3v) is 13.6. The quantitative estimate of drug-likeness (QED) is 0.108. The fourth-order valence-electron chi connectivity index (χ4n) is 9.45. The van der Waals surface area contributed by atoms with Crippen LogP contribution in [0.2, 0.25) is 30.8 Å². The molecule has 2 heterocycles. The summed E-state index contributed by atoms with van der Waals surface area (Å²) < 4.78 is 42.6. The summed E-state index contributed by atoms with van der Waals surface area (Å²) in [5.41, 5.74) is 1.97. The van der Waals surface area contributed by atoms with Crippen LogP contribution >= 0.6 is 11.6 Å². The predicted molar refractivity (Wildman–Crippen MR) is 185 cm³/mol. The average Bonchev–Trinajstić information content (AvgIpc) is 3.21. The summed E-state index contributed by atoms with van der Waals surface area (Å²) in [4.78, 5) is 17.5. The van der Waals surface area contributed by atoms with Crippen LogP contribution in [-0.4, -0.2) is 67.3 Å². The molecule has 9 nitrogen and oxygen atoms in total. The number of nitrogens with zero attached hydrogens (tertiary/aromatic N) is 3. The van der Waals surface area contributed by atoms with Gasteiger partial charge in [0.05, 0.1) is 24.2 Å². The molecule has 12 heteroatoms. The van der Waals surface area contributed by atoms with Crippen LogP contribution in [0.15, 0.2) is 18.3 Å². The minimum Gasteiger partial charge on any atom is -0.455 e. The topological polar surface area (TPSA) is 112 Å². The predicted octanol–water partition coefficient (Wildman–Crippen LogP) is 7.26. The number of aromatic nitrogens is 3. The second kappa shape index (κ2) is 12.0. The van der Waals surface area contributed by atoms with E-state index in [0.717, 1.165) is 56.0 Å². The lowest BCUT2D eigenvalue weighted by Crippen LogP contribution is -2.64. The molecule has 46 heavy (non-hydrogen) atoms. The lowest BCUT2D eigenvalue weighted by molar-refractivity contribution is -0.247. The van der Waals surface area contributed by atoms with Crippen molar-refractivity contribution in [2.45, 2.75) is 123 Å². The van der Waals surface area contributed by atoms with Gasteiger partial charge in [-0.15, -0.1) is 0 Å². The lowest BCUT2D eigenvalue weighted by atomic mass is 9.39. The van der Waals surface area contributed by atoms with Gasteiger partial charge >= 0.3 is 5.97 Å². The summed E-state index contributed by atoms with van der Waals surface area (Å²) in [5.74, 6) is -0.333. The highest BCUT2D eigenvalue weighted by atomic mass is 35.5. The molecule has 6 rings (SSSR count). The number of halogens is 1. The van der Waals surface area contributed by atoms with Crippen molar-refractivity contribution in [3.05, 3.63) is 34.9 Å². The van der Waals surface area contributed by atoms with Crippen molar-refractivity contribution in [2.75, 3.05) is 18.9 Å². The zero-order valence-electron chi connectivity index (χ0n) is 29.2. The SMILES string of the molecule is Cc1c(-c2ccc(Cl)nc2C(=O)OC(C)(C)C)cnn1CC12CC3(C)CC(C)(C1)CC(OCCNS(=O)(=O)CC[Si](C)(C)C)(C3)C2. The van der Waals surface area contributed by atoms with Crippen LogP contribution in [0.3, 0.4) is 0 Å². The molecule has 2 atom stereocenters. The molecule has 1 N–H and O–H groups in total. The average molecular weight is 693 g/mol. The third kappa shape index (κ3) is 8.08. The van der Waals surface area contributed by atoms with Gasteiger partial charge in [0.25, 0.3) is 0 Å². The number of pyridine rings is 1. The molecular weight excluding hydrogens is 640 g/mol. The summed E-state index contributed by atoms with van der Waals surface area (Å²) in [6.45, 7) is 20.3. The van der Waals surface area contributed by atoms with Gasteiger partial charge in [-0.2, -0.15) is 5.10 Å². The van der Waals surface area contributed by atoms with E-state index in [-0.39, 0.29) is 38.4 Å². The molecule has 4 aliphatic carbocycles. The number of hydrogen-bond donors (Lipinski definition) is 1. The number of sulfonamides is 1. The van der Waals surface area contributed by atoms with Crippen molar-refractivity contribution in [3.63, 3.8) is 0 Å². The first kappa shape index (κ1) is 35.5. The Labute approximate surface area is 281 Å². The summed E-state index contributed by atoms with van der Waals surface area (Å²) >= 11 is 6.22. The molecular formula is C34H53ClN4O5SSi. The van der Waals surface area contributed by atoms with Gasteiger partial charge in [0.1, 0.15) is 10.8 Å². The standard InChI is InChI=1S/C34H53ClN4O5SSi/c1-24-26(25-10-11-27(35)38-28(25)29(40)44-30(2,3)4)16-36-39(24)23-33-18-31(5)17-32(6,19-33)21-34(20-31,22-33)43-13-12-37-45(41,42)14-15-46(7,8)9/h10-11,16,37H,12-15,17-23H2,1-9H3. The van der Waals surface area contributed by atoms with Gasteiger partial charge in [0.2, 0.25) is 10.0 Å². The van der Waals surface area contributed by atoms with Gasteiger partial charge in [-0.25, -0.2) is 22.9 Å². The normalized spacial score (nSPS) is 29.3. The number of carbonyl (C=O) groups is 1. The monoisotopic (exact) mass is 692 g/mol. The largest absolute Gasteiger partial charge is 0.455 e. The van der Waals surface area contributed by atoms with Crippen LogP contribution in [-0.2, 0) is 26.0 Å². The number of nitrogens with one attached hydrogen (secondary N) is 1. The van der Waals surface area contributed by atoms with Crippen LogP contribution < -0.4 is 4.72 Å². The van der Waals surface area contributed by atoms with Gasteiger partial charge in [0, 0.05) is 38.0 Å². The van der Waals surface area contributed by atoms with Gasteiger partial charge in [-0.1, -0.05) is 45.1 Å². The van der Waals surface area contributed by atoms with E-state index < -0.39 is 29.7 Å². The van der Waals surface area contributed by atoms with Crippen molar-refractivity contribution in [2.24, 2.45) is 16.2 Å². The lowest BCUT2D eigenvalue weighted by Gasteiger charge is -2.69. The molecule has 0 amide bonds. The highest BCUT2D eigenvalue weighted by molar-refractivity contribution is 7.89. The van der Waals surface area contributed by atoms with Crippen LogP contribution in [0.5, 0.6) is 0 Å². The first-order valence-electron chi connectivity index (χ1n) is 16.6. The Kier molecular flexibility index (Phi) is 9.24. The van der Waals surface area contributed by atoms with E-state index in [0.29, 0.717) is 18.7 Å². The van der Waals surface area contributed by atoms with Crippen molar-refractivity contribution in [1.82, 2.24) is 19.5 Å². The molecule has 0 radical (unpaired) electrons. The Morgan fingerprint density at radius 1 is 1.04 bits per heavy atom. The minimum absolute atomic E-state index is 0.00458. The van der Waals surface area contributed by atoms with Crippen molar-refractivity contribution < 1.29 is 22.7 Å². The molecule has 0 spiro atoms. The number of rotatable bonds is 12. The van der Waals surface area contributed by atoms with Crippen LogP contribution in [0, 0.1) is 23.2 Å². The molecule has 0 aromatic carbocycles. The summed E-state index contributed by atoms with van der Waals surface area (Å²) in [6.07, 6.45) is 8.12. The minimum atomic E-state index is -3.31. The highest BCUT2D eigenvalue weighted by Crippen LogP contribution is 2.72. The van der Waals surface area contributed by atoms with E-state index in [2.05, 4.69) is 47.9 Å². The van der Waals surface area contributed by atoms with E-state index in [1.165, 1.54) is 6.42 Å². The van der Waals surface area contributed by atoms with Gasteiger partial charge in [0.15, 0.2) is 5.69 Å². The second-order valence-corrected chi connectivity index (χ2v) is 25.5. The first-order chi connectivity index (χ1) is 21.0. The molecule has 4 aliphatic rings. The molecule has 256 valence electrons. The maximum absolute atomic E-state index is 13.1. The molecule has 4 saturated carbocycles. The fourth-order valence-corrected chi connectivity index (χ4v) is 13.7. The third-order valence-electron chi connectivity index (χ3n) is 9.94. The molecule has 0 aliphatic heterocycles. The molecule has 0 saturated heterocycles. The van der Waals surface area contributed by atoms with E-state index in [1.54, 1.807) is 6.07 Å². The Hall–Kier alpha value is -1.79. The number of esters is 1. The Morgan fingerprint density at radius 3 is 2.30 bits per heavy atom. The molecule has 2 unspecified atom stereocenters. The number of hydrogen-bond acceptors (Lipinski definition) is 7. The fraction of sp³-hybridized carbons (Fsp3) is 0.735. The molecule has 2 aromatic heterocycles. The van der Waals surface area contributed by atoms with Crippen molar-refractivity contribution >= 4 is 35.7 Å². The molecule has 4 bridgehead atoms. The summed E-state index contributed by atoms with van der Waals surface area (Å²) in [6, 6.07) is 4.26. The van der Waals surface area contributed by atoms with Gasteiger partial charge in [-0.3, -0.25) is 4.68 Å². The Balaban J connectivity index is 1.35. The second-order valence-electron chi connectivity index (χ2n) is 17.6. The smallest absolute Gasteiger partial charge is 0.358 e. The Bertz CT molecular complexity index is 1580. The van der Waals surface area contributed by atoms with Crippen LogP contribution in [0.4, 0.5) is 0 Å². The zero-order chi connectivity index (χ0) is 34.0. The Morgan fingerprint density at radius 2 is 1.70 bits per heavy atom. The van der Waals surface area contributed by atoms with Crippen LogP contribution in [0.1, 0.15) is 89.3 Å². The number of ether oxygens (including phenoxy) is 2. The maximum Gasteiger partial charge on any atom is 0.358 e. The highest BCUT2D eigenvalue weighted by Gasteiger charge is 2.66. The molecule has 4 fully saturated rings. The number of carbonyl (C=O) groups excluding carboxylic acids is 1. The summed E-state index contributed by atoms with van der Waals surface area (Å²) in [5, 5.41) is 5.09. The van der Waals surface area contributed by atoms with E-state index in [9.17, 15) is 13.2 Å². The summed E-state index contributed by atoms with van der Waals surface area (Å²) in [7, 11) is -4.76. The van der Waals surface area contributed by atoms with Gasteiger partial charge in [-0.05, 0) is 101 Å². The van der Waals surface area contributed by atoms with Crippen molar-refractivity contribution in [3.8, 4) is 11.1 Å². The maximum atomic E-state index is 13.1. The zero-order valence-corrected chi connectivity index (χ0v) is 31.8. The van der Waals surface area contributed by atoms with E-state index in [1.807, 2.05) is 40.0 Å². The van der Waals surface area contributed by atoms with Gasteiger partial charge < -0.3 is 9.47 Å².